The monoisotopic (exact) mass is 274 g/mol. The minimum absolute atomic E-state index is 0.150. The number of likely N-dealkylation sites (tertiary alicyclic amines) is 1. The van der Waals surface area contributed by atoms with Crippen LogP contribution in [0.1, 0.15) is 6.42 Å². The number of amides is 1. The molecular weight excluding hydrogens is 260 g/mol. The molecule has 8 nitrogen and oxygen atoms in total. The lowest BCUT2D eigenvalue weighted by atomic mass is 10.3. The first-order valence-corrected chi connectivity index (χ1v) is 6.29. The molecule has 0 bridgehead atoms. The Hall–Kier alpha value is -2.64. The van der Waals surface area contributed by atoms with E-state index in [1.807, 2.05) is 24.3 Å². The molecule has 1 aliphatic heterocycles. The third kappa shape index (κ3) is 2.15. The zero-order chi connectivity index (χ0) is 14.1. The van der Waals surface area contributed by atoms with Crippen LogP contribution in [0.3, 0.4) is 0 Å². The molecule has 0 spiro atoms. The number of carbonyl (C=O) groups is 1. The topological polar surface area (TPSA) is 107 Å². The summed E-state index contributed by atoms with van der Waals surface area (Å²) >= 11 is 0. The molecule has 0 unspecified atom stereocenters. The van der Waals surface area contributed by atoms with Crippen LogP contribution in [0.4, 0.5) is 4.79 Å². The number of hydrogen-bond donors (Lipinski definition) is 3. The van der Waals surface area contributed by atoms with E-state index in [2.05, 4.69) is 15.6 Å². The number of fused-ring (bicyclic) bond motifs is 1. The molecule has 0 aliphatic carbocycles. The van der Waals surface area contributed by atoms with Crippen molar-refractivity contribution in [1.82, 2.24) is 25.2 Å². The van der Waals surface area contributed by atoms with E-state index in [9.17, 15) is 4.79 Å². The molecule has 1 amide bonds. The van der Waals surface area contributed by atoms with Gasteiger partial charge in [0, 0.05) is 13.1 Å². The summed E-state index contributed by atoms with van der Waals surface area (Å²) in [5.74, 6) is 0.216. The lowest BCUT2D eigenvalue weighted by Gasteiger charge is -2.18. The molecule has 2 heterocycles. The van der Waals surface area contributed by atoms with Crippen LogP contribution in [0.25, 0.3) is 11.0 Å². The van der Waals surface area contributed by atoms with Crippen molar-refractivity contribution in [3.05, 3.63) is 24.3 Å². The Labute approximate surface area is 114 Å². The van der Waals surface area contributed by atoms with Gasteiger partial charge in [-0.25, -0.2) is 4.79 Å². The molecule has 1 aromatic carbocycles. The molecule has 3 N–H and O–H groups in total. The Morgan fingerprint density at radius 1 is 1.45 bits per heavy atom. The van der Waals surface area contributed by atoms with Crippen LogP contribution in [0, 0.1) is 5.41 Å². The van der Waals surface area contributed by atoms with Crippen molar-refractivity contribution in [3.63, 3.8) is 0 Å². The summed E-state index contributed by atoms with van der Waals surface area (Å²) in [5, 5.41) is 27.4. The smallest absolute Gasteiger partial charge is 0.404 e. The summed E-state index contributed by atoms with van der Waals surface area (Å²) in [6.45, 7) is 1.09. The Balaban J connectivity index is 1.78. The molecule has 104 valence electrons. The Bertz CT molecular complexity index is 667. The Morgan fingerprint density at radius 3 is 3.05 bits per heavy atom. The van der Waals surface area contributed by atoms with Gasteiger partial charge in [-0.2, -0.15) is 4.68 Å². The third-order valence-electron chi connectivity index (χ3n) is 3.37. The fraction of sp³-hybridized carbons (Fsp3) is 0.333. The van der Waals surface area contributed by atoms with Gasteiger partial charge in [-0.3, -0.25) is 5.41 Å². The summed E-state index contributed by atoms with van der Waals surface area (Å²) < 4.78 is 1.47. The highest BCUT2D eigenvalue weighted by molar-refractivity contribution is 5.89. The number of para-hydroxylation sites is 1. The van der Waals surface area contributed by atoms with Crippen LogP contribution in [-0.2, 0) is 0 Å². The predicted octanol–water partition coefficient (Wildman–Crippen LogP) is 0.556. The van der Waals surface area contributed by atoms with Crippen molar-refractivity contribution in [2.45, 2.75) is 12.5 Å². The minimum atomic E-state index is -1.03. The van der Waals surface area contributed by atoms with E-state index in [0.717, 1.165) is 11.0 Å². The third-order valence-corrected chi connectivity index (χ3v) is 3.37. The number of nitrogens with one attached hydrogen (secondary N) is 2. The highest BCUT2D eigenvalue weighted by Crippen LogP contribution is 2.14. The van der Waals surface area contributed by atoms with Gasteiger partial charge in [0.05, 0.1) is 11.6 Å². The SMILES string of the molecule is N=C(N1CC[C@@H](NC(=O)O)C1)n1nnc2ccccc21. The molecule has 1 aromatic heterocycles. The van der Waals surface area contributed by atoms with Crippen molar-refractivity contribution in [2.75, 3.05) is 13.1 Å². The number of nitrogens with zero attached hydrogens (tertiary/aromatic N) is 4. The normalized spacial score (nSPS) is 18.4. The van der Waals surface area contributed by atoms with E-state index in [4.69, 9.17) is 10.5 Å². The van der Waals surface area contributed by atoms with Crippen LogP contribution in [-0.4, -0.2) is 56.2 Å². The van der Waals surface area contributed by atoms with Gasteiger partial charge in [0.1, 0.15) is 5.52 Å². The molecule has 2 aromatic rings. The van der Waals surface area contributed by atoms with Gasteiger partial charge in [-0.1, -0.05) is 17.3 Å². The van der Waals surface area contributed by atoms with E-state index in [1.165, 1.54) is 4.68 Å². The van der Waals surface area contributed by atoms with Crippen molar-refractivity contribution in [2.24, 2.45) is 0 Å². The second kappa shape index (κ2) is 4.80. The number of rotatable bonds is 1. The molecule has 0 radical (unpaired) electrons. The van der Waals surface area contributed by atoms with Crippen molar-refractivity contribution in [1.29, 1.82) is 5.41 Å². The van der Waals surface area contributed by atoms with Gasteiger partial charge in [-0.15, -0.1) is 5.10 Å². The zero-order valence-electron chi connectivity index (χ0n) is 10.7. The van der Waals surface area contributed by atoms with Gasteiger partial charge < -0.3 is 15.3 Å². The molecule has 1 atom stereocenters. The first-order valence-electron chi connectivity index (χ1n) is 6.29. The average molecular weight is 274 g/mol. The highest BCUT2D eigenvalue weighted by Gasteiger charge is 2.27. The molecule has 0 saturated carbocycles. The van der Waals surface area contributed by atoms with Gasteiger partial charge in [-0.05, 0) is 18.6 Å². The fourth-order valence-electron chi connectivity index (χ4n) is 2.40. The van der Waals surface area contributed by atoms with Gasteiger partial charge in [0.25, 0.3) is 0 Å². The van der Waals surface area contributed by atoms with Crippen LogP contribution in [0.15, 0.2) is 24.3 Å². The number of benzene rings is 1. The summed E-state index contributed by atoms with van der Waals surface area (Å²) in [4.78, 5) is 12.4. The summed E-state index contributed by atoms with van der Waals surface area (Å²) in [7, 11) is 0. The van der Waals surface area contributed by atoms with Crippen LogP contribution in [0.2, 0.25) is 0 Å². The quantitative estimate of drug-likeness (QED) is 0.520. The van der Waals surface area contributed by atoms with Gasteiger partial charge in [0.15, 0.2) is 0 Å². The molecule has 1 saturated heterocycles. The lowest BCUT2D eigenvalue weighted by molar-refractivity contribution is 0.190. The predicted molar refractivity (Wildman–Crippen MR) is 71.8 cm³/mol. The van der Waals surface area contributed by atoms with E-state index in [0.29, 0.717) is 19.5 Å². The van der Waals surface area contributed by atoms with Crippen LogP contribution in [0.5, 0.6) is 0 Å². The first kappa shape index (κ1) is 12.4. The Morgan fingerprint density at radius 2 is 2.25 bits per heavy atom. The Kier molecular flexibility index (Phi) is 2.97. The van der Waals surface area contributed by atoms with E-state index < -0.39 is 6.09 Å². The van der Waals surface area contributed by atoms with Gasteiger partial charge >= 0.3 is 6.09 Å². The lowest BCUT2D eigenvalue weighted by Crippen LogP contribution is -2.39. The molecule has 8 heteroatoms. The largest absolute Gasteiger partial charge is 0.465 e. The average Bonchev–Trinajstić information content (AvgIpc) is 3.03. The van der Waals surface area contributed by atoms with Crippen molar-refractivity contribution >= 4 is 23.1 Å². The van der Waals surface area contributed by atoms with Crippen LogP contribution < -0.4 is 5.32 Å². The number of aromatic nitrogens is 3. The molecule has 1 aliphatic rings. The number of carboxylic acid groups (broad SMARTS) is 1. The molecule has 1 fully saturated rings. The summed E-state index contributed by atoms with van der Waals surface area (Å²) in [6, 6.07) is 7.28. The number of hydrogen-bond acceptors (Lipinski definition) is 4. The maximum atomic E-state index is 10.6. The molecule has 3 rings (SSSR count). The first-order chi connectivity index (χ1) is 9.65. The van der Waals surface area contributed by atoms with Gasteiger partial charge in [0.2, 0.25) is 5.96 Å². The standard InChI is InChI=1S/C12H14N6O2/c13-11(17-6-5-8(7-17)14-12(19)20)18-10-4-2-1-3-9(10)15-16-18/h1-4,8,13-14H,5-7H2,(H,19,20)/t8-/m1/s1. The second-order valence-electron chi connectivity index (χ2n) is 4.69. The zero-order valence-corrected chi connectivity index (χ0v) is 10.7. The van der Waals surface area contributed by atoms with E-state index in [1.54, 1.807) is 4.90 Å². The molecular formula is C12H14N6O2. The van der Waals surface area contributed by atoms with Crippen molar-refractivity contribution < 1.29 is 9.90 Å². The summed E-state index contributed by atoms with van der Waals surface area (Å²) in [5.41, 5.74) is 1.50. The van der Waals surface area contributed by atoms with E-state index in [-0.39, 0.29) is 12.0 Å². The minimum Gasteiger partial charge on any atom is -0.465 e. The summed E-state index contributed by atoms with van der Waals surface area (Å²) in [6.07, 6.45) is -0.351. The van der Waals surface area contributed by atoms with Crippen LogP contribution >= 0.6 is 0 Å². The molecule has 20 heavy (non-hydrogen) atoms. The fourth-order valence-corrected chi connectivity index (χ4v) is 2.40. The maximum Gasteiger partial charge on any atom is 0.404 e. The maximum absolute atomic E-state index is 10.6. The van der Waals surface area contributed by atoms with Crippen molar-refractivity contribution in [3.8, 4) is 0 Å². The second-order valence-corrected chi connectivity index (χ2v) is 4.69. The van der Waals surface area contributed by atoms with E-state index >= 15 is 0 Å². The highest BCUT2D eigenvalue weighted by atomic mass is 16.4.